The van der Waals surface area contributed by atoms with Crippen LogP contribution >= 0.6 is 0 Å². The van der Waals surface area contributed by atoms with E-state index in [4.69, 9.17) is 4.74 Å². The number of hydrogen-bond acceptors (Lipinski definition) is 3. The molecule has 2 fully saturated rings. The van der Waals surface area contributed by atoms with Gasteiger partial charge in [0.15, 0.2) is 11.6 Å². The molecule has 2 atom stereocenters. The fourth-order valence-electron chi connectivity index (χ4n) is 2.70. The van der Waals surface area contributed by atoms with Crippen LogP contribution in [0.1, 0.15) is 38.3 Å². The Morgan fingerprint density at radius 2 is 2.13 bits per heavy atom. The van der Waals surface area contributed by atoms with Crippen LogP contribution in [0.15, 0.2) is 18.2 Å². The highest BCUT2D eigenvalue weighted by Gasteiger charge is 2.29. The monoisotopic (exact) mass is 320 g/mol. The summed E-state index contributed by atoms with van der Waals surface area (Å²) in [6, 6.07) is 4.73. The van der Waals surface area contributed by atoms with Gasteiger partial charge in [-0.25, -0.2) is 4.39 Å². The predicted octanol–water partition coefficient (Wildman–Crippen LogP) is 2.65. The third-order valence-corrected chi connectivity index (χ3v) is 4.92. The molecular weight excluding hydrogens is 295 g/mol. The summed E-state index contributed by atoms with van der Waals surface area (Å²) < 4.78 is 19.6. The average Bonchev–Trinajstić information content (AvgIpc) is 3.28. The first-order valence-corrected chi connectivity index (χ1v) is 8.48. The molecule has 3 rings (SSSR count). The lowest BCUT2D eigenvalue weighted by Crippen LogP contribution is -2.49. The zero-order valence-corrected chi connectivity index (χ0v) is 13.8. The van der Waals surface area contributed by atoms with Crippen molar-refractivity contribution in [3.63, 3.8) is 0 Å². The van der Waals surface area contributed by atoms with Crippen molar-refractivity contribution < 1.29 is 13.9 Å². The van der Waals surface area contributed by atoms with Crippen LogP contribution in [0.25, 0.3) is 0 Å². The minimum absolute atomic E-state index is 0.0234. The largest absolute Gasteiger partial charge is 0.490 e. The number of nitrogens with one attached hydrogen (secondary N) is 2. The Kier molecular flexibility index (Phi) is 4.85. The lowest BCUT2D eigenvalue weighted by molar-refractivity contribution is -0.127. The van der Waals surface area contributed by atoms with Gasteiger partial charge in [0.25, 0.3) is 0 Å². The molecule has 5 heteroatoms. The molecule has 2 N–H and O–H groups in total. The molecule has 2 aliphatic rings. The van der Waals surface area contributed by atoms with Crippen LogP contribution in [-0.2, 0) is 4.79 Å². The van der Waals surface area contributed by atoms with Crippen molar-refractivity contribution in [3.05, 3.63) is 29.6 Å². The number of hydrogen-bond donors (Lipinski definition) is 2. The average molecular weight is 320 g/mol. The summed E-state index contributed by atoms with van der Waals surface area (Å²) in [7, 11) is 0. The number of amides is 1. The Balaban J connectivity index is 1.56. The van der Waals surface area contributed by atoms with Crippen LogP contribution in [0.2, 0.25) is 0 Å². The Morgan fingerprint density at radius 1 is 1.39 bits per heavy atom. The molecule has 0 spiro atoms. The normalized spacial score (nSPS) is 20.5. The summed E-state index contributed by atoms with van der Waals surface area (Å²) in [4.78, 5) is 12.2. The number of rotatable bonds is 7. The van der Waals surface area contributed by atoms with Crippen LogP contribution < -0.4 is 15.4 Å². The van der Waals surface area contributed by atoms with Gasteiger partial charge in [0.2, 0.25) is 5.91 Å². The van der Waals surface area contributed by atoms with E-state index >= 15 is 0 Å². The molecule has 0 bridgehead atoms. The minimum atomic E-state index is -0.361. The van der Waals surface area contributed by atoms with E-state index in [1.54, 1.807) is 6.07 Å². The minimum Gasteiger partial charge on any atom is -0.490 e. The molecule has 1 saturated carbocycles. The number of carbonyl (C=O) groups excluding carboxylic acids is 1. The zero-order valence-electron chi connectivity index (χ0n) is 13.8. The summed E-state index contributed by atoms with van der Waals surface area (Å²) >= 11 is 0. The highest BCUT2D eigenvalue weighted by molar-refractivity contribution is 5.79. The van der Waals surface area contributed by atoms with Gasteiger partial charge in [0.1, 0.15) is 0 Å². The molecule has 0 radical (unpaired) electrons. The van der Waals surface area contributed by atoms with E-state index in [1.165, 1.54) is 18.9 Å². The van der Waals surface area contributed by atoms with Gasteiger partial charge in [0.05, 0.1) is 12.6 Å². The topological polar surface area (TPSA) is 50.4 Å². The van der Waals surface area contributed by atoms with Gasteiger partial charge in [0, 0.05) is 5.92 Å². The first-order chi connectivity index (χ1) is 11.0. The highest BCUT2D eigenvalue weighted by Crippen LogP contribution is 2.30. The first-order valence-electron chi connectivity index (χ1n) is 8.48. The standard InChI is InChI=1S/C18H25FN2O2/c1-11(15-8-20-9-15)18(22)21-12(2)14-5-6-17(16(19)7-14)23-10-13-3-4-13/h5-7,11-13,15,20H,3-4,8-10H2,1-2H3,(H,21,22). The van der Waals surface area contributed by atoms with E-state index in [0.29, 0.717) is 24.2 Å². The molecule has 1 aromatic rings. The summed E-state index contributed by atoms with van der Waals surface area (Å²) in [5, 5.41) is 6.15. The van der Waals surface area contributed by atoms with E-state index < -0.39 is 0 Å². The van der Waals surface area contributed by atoms with Crippen LogP contribution in [-0.4, -0.2) is 25.6 Å². The maximum atomic E-state index is 14.1. The molecule has 1 aliphatic carbocycles. The summed E-state index contributed by atoms with van der Waals surface area (Å²) in [5.41, 5.74) is 0.758. The zero-order chi connectivity index (χ0) is 16.4. The van der Waals surface area contributed by atoms with Crippen molar-refractivity contribution >= 4 is 5.91 Å². The van der Waals surface area contributed by atoms with Gasteiger partial charge < -0.3 is 15.4 Å². The molecule has 1 amide bonds. The smallest absolute Gasteiger partial charge is 0.223 e. The molecule has 4 nitrogen and oxygen atoms in total. The fourth-order valence-corrected chi connectivity index (χ4v) is 2.70. The van der Waals surface area contributed by atoms with Gasteiger partial charge >= 0.3 is 0 Å². The molecule has 1 heterocycles. The summed E-state index contributed by atoms with van der Waals surface area (Å²) in [6.07, 6.45) is 2.36. The molecule has 0 aromatic heterocycles. The third kappa shape index (κ3) is 4.02. The van der Waals surface area contributed by atoms with Gasteiger partial charge in [-0.05, 0) is 62.4 Å². The van der Waals surface area contributed by atoms with Crippen molar-refractivity contribution in [2.45, 2.75) is 32.7 Å². The van der Waals surface area contributed by atoms with Crippen molar-refractivity contribution in [2.24, 2.45) is 17.8 Å². The second-order valence-electron chi connectivity index (χ2n) is 6.88. The van der Waals surface area contributed by atoms with Gasteiger partial charge in [-0.3, -0.25) is 4.79 Å². The van der Waals surface area contributed by atoms with E-state index in [2.05, 4.69) is 10.6 Å². The summed E-state index contributed by atoms with van der Waals surface area (Å²) in [6.45, 7) is 6.21. The SMILES string of the molecule is CC(NC(=O)C(C)C1CNC1)c1ccc(OCC2CC2)c(F)c1. The van der Waals surface area contributed by atoms with Gasteiger partial charge in [-0.2, -0.15) is 0 Å². The lowest BCUT2D eigenvalue weighted by atomic mass is 9.88. The quantitative estimate of drug-likeness (QED) is 0.812. The molecule has 1 aliphatic heterocycles. The maximum Gasteiger partial charge on any atom is 0.223 e. The molecule has 2 unspecified atom stereocenters. The first kappa shape index (κ1) is 16.2. The van der Waals surface area contributed by atoms with E-state index in [1.807, 2.05) is 19.9 Å². The fraction of sp³-hybridized carbons (Fsp3) is 0.611. The Labute approximate surface area is 136 Å². The van der Waals surface area contributed by atoms with E-state index in [9.17, 15) is 9.18 Å². The molecular formula is C18H25FN2O2. The Hall–Kier alpha value is -1.62. The number of benzene rings is 1. The van der Waals surface area contributed by atoms with Crippen molar-refractivity contribution in [3.8, 4) is 5.75 Å². The highest BCUT2D eigenvalue weighted by atomic mass is 19.1. The van der Waals surface area contributed by atoms with Crippen LogP contribution in [0.3, 0.4) is 0 Å². The van der Waals surface area contributed by atoms with Crippen molar-refractivity contribution in [1.29, 1.82) is 0 Å². The van der Waals surface area contributed by atoms with Crippen LogP contribution in [0.5, 0.6) is 5.75 Å². The second-order valence-corrected chi connectivity index (χ2v) is 6.88. The molecule has 23 heavy (non-hydrogen) atoms. The number of carbonyl (C=O) groups is 1. The number of ether oxygens (including phenoxy) is 1. The van der Waals surface area contributed by atoms with Crippen LogP contribution in [0, 0.1) is 23.6 Å². The molecule has 126 valence electrons. The lowest BCUT2D eigenvalue weighted by Gasteiger charge is -2.32. The van der Waals surface area contributed by atoms with E-state index in [-0.39, 0.29) is 23.7 Å². The van der Waals surface area contributed by atoms with Crippen molar-refractivity contribution in [1.82, 2.24) is 10.6 Å². The molecule has 1 saturated heterocycles. The van der Waals surface area contributed by atoms with E-state index in [0.717, 1.165) is 18.7 Å². The Bertz CT molecular complexity index is 570. The van der Waals surface area contributed by atoms with Gasteiger partial charge in [-0.15, -0.1) is 0 Å². The predicted molar refractivity (Wildman–Crippen MR) is 86.7 cm³/mol. The molecule has 1 aromatic carbocycles. The third-order valence-electron chi connectivity index (χ3n) is 4.92. The number of halogens is 1. The maximum absolute atomic E-state index is 14.1. The van der Waals surface area contributed by atoms with Crippen LogP contribution in [0.4, 0.5) is 4.39 Å². The van der Waals surface area contributed by atoms with Crippen molar-refractivity contribution in [2.75, 3.05) is 19.7 Å². The Morgan fingerprint density at radius 3 is 2.70 bits per heavy atom. The second kappa shape index (κ2) is 6.87. The van der Waals surface area contributed by atoms with Gasteiger partial charge in [-0.1, -0.05) is 13.0 Å². The summed E-state index contributed by atoms with van der Waals surface area (Å²) in [5.74, 6) is 0.934.